The standard InChI is InChI=1S/C17H23N5OS/c1-21(2)16-15(11-18-12-20-16)22-7-5-13(6-8-22)17(23)19-10-14-4-3-9-24-14/h3-4,9,11-13H,5-8,10H2,1-2H3,(H,19,23). The van der Waals surface area contributed by atoms with Crippen molar-refractivity contribution in [1.29, 1.82) is 0 Å². The molecule has 0 bridgehead atoms. The first-order valence-electron chi connectivity index (χ1n) is 8.17. The second-order valence-corrected chi connectivity index (χ2v) is 7.22. The number of hydrogen-bond acceptors (Lipinski definition) is 6. The number of amides is 1. The van der Waals surface area contributed by atoms with Crippen LogP contribution in [0.3, 0.4) is 0 Å². The predicted octanol–water partition coefficient (Wildman–Crippen LogP) is 2.14. The van der Waals surface area contributed by atoms with Gasteiger partial charge in [0.2, 0.25) is 5.91 Å². The Bertz CT molecular complexity index is 665. The molecule has 3 rings (SSSR count). The predicted molar refractivity (Wildman–Crippen MR) is 97.5 cm³/mol. The monoisotopic (exact) mass is 345 g/mol. The minimum absolute atomic E-state index is 0.0913. The van der Waals surface area contributed by atoms with Crippen LogP contribution in [0.2, 0.25) is 0 Å². The van der Waals surface area contributed by atoms with Crippen LogP contribution in [0, 0.1) is 5.92 Å². The Morgan fingerprint density at radius 2 is 2.21 bits per heavy atom. The van der Waals surface area contributed by atoms with Gasteiger partial charge in [0.15, 0.2) is 5.82 Å². The van der Waals surface area contributed by atoms with Gasteiger partial charge in [-0.15, -0.1) is 11.3 Å². The van der Waals surface area contributed by atoms with Crippen molar-refractivity contribution in [3.8, 4) is 0 Å². The van der Waals surface area contributed by atoms with Gasteiger partial charge in [-0.05, 0) is 24.3 Å². The highest BCUT2D eigenvalue weighted by Crippen LogP contribution is 2.28. The van der Waals surface area contributed by atoms with Crippen molar-refractivity contribution >= 4 is 28.7 Å². The topological polar surface area (TPSA) is 61.4 Å². The maximum atomic E-state index is 12.4. The van der Waals surface area contributed by atoms with E-state index < -0.39 is 0 Å². The molecule has 1 fully saturated rings. The zero-order valence-electron chi connectivity index (χ0n) is 14.1. The van der Waals surface area contributed by atoms with Crippen molar-refractivity contribution in [2.45, 2.75) is 19.4 Å². The minimum atomic E-state index is 0.0913. The lowest BCUT2D eigenvalue weighted by atomic mass is 9.95. The summed E-state index contributed by atoms with van der Waals surface area (Å²) in [6.07, 6.45) is 5.15. The van der Waals surface area contributed by atoms with Gasteiger partial charge < -0.3 is 15.1 Å². The average Bonchev–Trinajstić information content (AvgIpc) is 3.13. The minimum Gasteiger partial charge on any atom is -0.367 e. The first-order valence-corrected chi connectivity index (χ1v) is 9.05. The van der Waals surface area contributed by atoms with Gasteiger partial charge in [0.25, 0.3) is 0 Å². The van der Waals surface area contributed by atoms with Crippen molar-refractivity contribution in [1.82, 2.24) is 15.3 Å². The van der Waals surface area contributed by atoms with Crippen LogP contribution in [0.4, 0.5) is 11.5 Å². The average molecular weight is 345 g/mol. The molecular formula is C17H23N5OS. The lowest BCUT2D eigenvalue weighted by Crippen LogP contribution is -2.40. The Morgan fingerprint density at radius 3 is 2.88 bits per heavy atom. The SMILES string of the molecule is CN(C)c1ncncc1N1CCC(C(=O)NCc2cccs2)CC1. The maximum absolute atomic E-state index is 12.4. The quantitative estimate of drug-likeness (QED) is 0.900. The van der Waals surface area contributed by atoms with E-state index in [0.717, 1.165) is 37.4 Å². The third kappa shape index (κ3) is 3.84. The Morgan fingerprint density at radius 1 is 1.42 bits per heavy atom. The molecule has 1 N–H and O–H groups in total. The third-order valence-corrected chi connectivity index (χ3v) is 5.20. The first kappa shape index (κ1) is 16.7. The Hall–Kier alpha value is -2.15. The first-order chi connectivity index (χ1) is 11.6. The molecule has 1 aliphatic heterocycles. The van der Waals surface area contributed by atoms with Gasteiger partial charge in [0, 0.05) is 38.0 Å². The fraction of sp³-hybridized carbons (Fsp3) is 0.471. The van der Waals surface area contributed by atoms with Crippen LogP contribution in [0.15, 0.2) is 30.0 Å². The third-order valence-electron chi connectivity index (χ3n) is 4.32. The van der Waals surface area contributed by atoms with Gasteiger partial charge in [0.05, 0.1) is 18.4 Å². The van der Waals surface area contributed by atoms with Crippen LogP contribution in [0.1, 0.15) is 17.7 Å². The van der Waals surface area contributed by atoms with Crippen LogP contribution in [-0.2, 0) is 11.3 Å². The summed E-state index contributed by atoms with van der Waals surface area (Å²) in [6.45, 7) is 2.34. The molecule has 1 amide bonds. The Balaban J connectivity index is 1.55. The van der Waals surface area contributed by atoms with Gasteiger partial charge in [0.1, 0.15) is 6.33 Å². The summed E-state index contributed by atoms with van der Waals surface area (Å²) in [5, 5.41) is 5.09. The van der Waals surface area contributed by atoms with E-state index in [1.807, 2.05) is 42.7 Å². The molecule has 0 unspecified atom stereocenters. The molecule has 3 heterocycles. The van der Waals surface area contributed by atoms with E-state index >= 15 is 0 Å². The largest absolute Gasteiger partial charge is 0.367 e. The van der Waals surface area contributed by atoms with Crippen LogP contribution >= 0.6 is 11.3 Å². The molecule has 7 heteroatoms. The van der Waals surface area contributed by atoms with Gasteiger partial charge in [-0.1, -0.05) is 6.07 Å². The zero-order valence-corrected chi connectivity index (χ0v) is 14.9. The summed E-state index contributed by atoms with van der Waals surface area (Å²) < 4.78 is 0. The van der Waals surface area contributed by atoms with Gasteiger partial charge >= 0.3 is 0 Å². The van der Waals surface area contributed by atoms with Crippen LogP contribution in [0.25, 0.3) is 0 Å². The van der Waals surface area contributed by atoms with Crippen molar-refractivity contribution in [2.24, 2.45) is 5.92 Å². The zero-order chi connectivity index (χ0) is 16.9. The van der Waals surface area contributed by atoms with Crippen molar-refractivity contribution in [3.05, 3.63) is 34.9 Å². The number of nitrogens with zero attached hydrogens (tertiary/aromatic N) is 4. The highest BCUT2D eigenvalue weighted by atomic mass is 32.1. The normalized spacial score (nSPS) is 15.3. The van der Waals surface area contributed by atoms with E-state index in [-0.39, 0.29) is 11.8 Å². The summed E-state index contributed by atoms with van der Waals surface area (Å²) in [4.78, 5) is 26.3. The maximum Gasteiger partial charge on any atom is 0.223 e. The molecule has 1 aliphatic rings. The summed E-state index contributed by atoms with van der Waals surface area (Å²) in [5.74, 6) is 1.18. The van der Waals surface area contributed by atoms with Crippen LogP contribution < -0.4 is 15.1 Å². The number of anilines is 2. The van der Waals surface area contributed by atoms with Crippen molar-refractivity contribution < 1.29 is 4.79 Å². The number of carbonyl (C=O) groups excluding carboxylic acids is 1. The molecule has 0 aliphatic carbocycles. The van der Waals surface area contributed by atoms with E-state index in [1.165, 1.54) is 4.88 Å². The molecule has 0 spiro atoms. The fourth-order valence-electron chi connectivity index (χ4n) is 3.00. The number of aromatic nitrogens is 2. The number of carbonyl (C=O) groups is 1. The Kier molecular flexibility index (Phi) is 5.30. The van der Waals surface area contributed by atoms with Crippen molar-refractivity contribution in [3.63, 3.8) is 0 Å². The van der Waals surface area contributed by atoms with E-state index in [9.17, 15) is 4.79 Å². The van der Waals surface area contributed by atoms with Gasteiger partial charge in [-0.2, -0.15) is 0 Å². The van der Waals surface area contributed by atoms with Crippen LogP contribution in [0.5, 0.6) is 0 Å². The second kappa shape index (κ2) is 7.61. The number of hydrogen-bond donors (Lipinski definition) is 1. The summed E-state index contributed by atoms with van der Waals surface area (Å²) >= 11 is 1.67. The molecule has 1 saturated heterocycles. The summed E-state index contributed by atoms with van der Waals surface area (Å²) in [7, 11) is 3.97. The number of thiophene rings is 1. The molecule has 6 nitrogen and oxygen atoms in total. The molecule has 128 valence electrons. The molecule has 24 heavy (non-hydrogen) atoms. The summed E-state index contributed by atoms with van der Waals surface area (Å²) in [6, 6.07) is 4.06. The number of rotatable bonds is 5. The van der Waals surface area contributed by atoms with E-state index in [2.05, 4.69) is 20.2 Å². The molecule has 0 saturated carbocycles. The molecular weight excluding hydrogens is 322 g/mol. The van der Waals surface area contributed by atoms with Gasteiger partial charge in [-0.3, -0.25) is 4.79 Å². The van der Waals surface area contributed by atoms with Gasteiger partial charge in [-0.25, -0.2) is 9.97 Å². The Labute approximate surface area is 146 Å². The lowest BCUT2D eigenvalue weighted by Gasteiger charge is -2.34. The van der Waals surface area contributed by atoms with E-state index in [4.69, 9.17) is 0 Å². The lowest BCUT2D eigenvalue weighted by molar-refractivity contribution is -0.125. The van der Waals surface area contributed by atoms with E-state index in [1.54, 1.807) is 17.7 Å². The summed E-state index contributed by atoms with van der Waals surface area (Å²) in [5.41, 5.74) is 1.04. The molecule has 2 aromatic rings. The highest BCUT2D eigenvalue weighted by Gasteiger charge is 2.26. The fourth-order valence-corrected chi connectivity index (χ4v) is 3.64. The second-order valence-electron chi connectivity index (χ2n) is 6.18. The molecule has 0 atom stereocenters. The molecule has 0 radical (unpaired) electrons. The molecule has 0 aromatic carbocycles. The highest BCUT2D eigenvalue weighted by molar-refractivity contribution is 7.09. The van der Waals surface area contributed by atoms with E-state index in [0.29, 0.717) is 6.54 Å². The van der Waals surface area contributed by atoms with Crippen LogP contribution in [-0.4, -0.2) is 43.1 Å². The number of nitrogens with one attached hydrogen (secondary N) is 1. The smallest absolute Gasteiger partial charge is 0.223 e. The molecule has 2 aromatic heterocycles. The van der Waals surface area contributed by atoms with Crippen molar-refractivity contribution in [2.75, 3.05) is 37.0 Å². The number of piperidine rings is 1.